The lowest BCUT2D eigenvalue weighted by molar-refractivity contribution is -0.125. The van der Waals surface area contributed by atoms with Gasteiger partial charge in [-0.1, -0.05) is 6.42 Å². The molecule has 1 saturated carbocycles. The summed E-state index contributed by atoms with van der Waals surface area (Å²) in [6.07, 6.45) is 6.60. The molecule has 1 aliphatic rings. The van der Waals surface area contributed by atoms with Crippen molar-refractivity contribution in [2.24, 2.45) is 5.92 Å². The number of aromatic nitrogens is 1. The molecule has 1 heterocycles. The second-order valence-electron chi connectivity index (χ2n) is 5.69. The molecule has 1 fully saturated rings. The molecule has 2 atom stereocenters. The van der Waals surface area contributed by atoms with Crippen LogP contribution in [0.15, 0.2) is 24.5 Å². The molecule has 0 radical (unpaired) electrons. The fraction of sp³-hybridized carbons (Fsp3) is 0.588. The molecule has 0 spiro atoms. The molecule has 0 aliphatic heterocycles. The van der Waals surface area contributed by atoms with Crippen LogP contribution >= 0.6 is 0 Å². The quantitative estimate of drug-likeness (QED) is 0.712. The Hall–Kier alpha value is -1.95. The summed E-state index contributed by atoms with van der Waals surface area (Å²) in [4.78, 5) is 28.4. The first kappa shape index (κ1) is 17.4. The highest BCUT2D eigenvalue weighted by molar-refractivity contribution is 5.94. The van der Waals surface area contributed by atoms with Gasteiger partial charge in [0, 0.05) is 43.8 Å². The van der Waals surface area contributed by atoms with Crippen LogP contribution in [0.4, 0.5) is 0 Å². The van der Waals surface area contributed by atoms with E-state index in [1.807, 2.05) is 6.92 Å². The first-order valence-electron chi connectivity index (χ1n) is 8.28. The van der Waals surface area contributed by atoms with Crippen molar-refractivity contribution in [3.63, 3.8) is 0 Å². The van der Waals surface area contributed by atoms with Gasteiger partial charge in [-0.3, -0.25) is 14.6 Å². The van der Waals surface area contributed by atoms with E-state index in [9.17, 15) is 9.59 Å². The van der Waals surface area contributed by atoms with Gasteiger partial charge in [0.05, 0.1) is 5.92 Å². The van der Waals surface area contributed by atoms with Crippen LogP contribution in [0.2, 0.25) is 0 Å². The van der Waals surface area contributed by atoms with E-state index in [2.05, 4.69) is 15.6 Å². The Bertz CT molecular complexity index is 507. The summed E-state index contributed by atoms with van der Waals surface area (Å²) in [5.41, 5.74) is 0.572. The van der Waals surface area contributed by atoms with Gasteiger partial charge in [0.15, 0.2) is 0 Å². The highest BCUT2D eigenvalue weighted by Crippen LogP contribution is 2.26. The van der Waals surface area contributed by atoms with E-state index in [1.165, 1.54) is 0 Å². The maximum absolute atomic E-state index is 12.3. The molecule has 2 N–H and O–H groups in total. The predicted molar refractivity (Wildman–Crippen MR) is 87.0 cm³/mol. The van der Waals surface area contributed by atoms with Crippen molar-refractivity contribution in [3.05, 3.63) is 30.1 Å². The van der Waals surface area contributed by atoms with Crippen molar-refractivity contribution >= 4 is 11.8 Å². The molecule has 0 aromatic carbocycles. The van der Waals surface area contributed by atoms with E-state index in [0.29, 0.717) is 25.3 Å². The van der Waals surface area contributed by atoms with Crippen LogP contribution in [-0.4, -0.2) is 42.6 Å². The van der Waals surface area contributed by atoms with E-state index in [1.54, 1.807) is 24.5 Å². The van der Waals surface area contributed by atoms with Gasteiger partial charge in [-0.2, -0.15) is 0 Å². The molecule has 2 amide bonds. The molecule has 126 valence electrons. The van der Waals surface area contributed by atoms with Gasteiger partial charge >= 0.3 is 0 Å². The predicted octanol–water partition coefficient (Wildman–Crippen LogP) is 1.52. The van der Waals surface area contributed by atoms with Gasteiger partial charge in [-0.05, 0) is 38.3 Å². The van der Waals surface area contributed by atoms with E-state index in [4.69, 9.17) is 4.74 Å². The minimum absolute atomic E-state index is 0.0269. The zero-order chi connectivity index (χ0) is 16.5. The third kappa shape index (κ3) is 5.32. The second kappa shape index (κ2) is 9.25. The van der Waals surface area contributed by atoms with Crippen LogP contribution in [-0.2, 0) is 9.53 Å². The largest absolute Gasteiger partial charge is 0.382 e. The third-order valence-corrected chi connectivity index (χ3v) is 4.08. The summed E-state index contributed by atoms with van der Waals surface area (Å²) in [5, 5.41) is 5.93. The fourth-order valence-electron chi connectivity index (χ4n) is 2.86. The first-order chi connectivity index (χ1) is 11.2. The van der Waals surface area contributed by atoms with Crippen molar-refractivity contribution < 1.29 is 14.3 Å². The van der Waals surface area contributed by atoms with Gasteiger partial charge in [0.2, 0.25) is 5.91 Å². The van der Waals surface area contributed by atoms with E-state index in [-0.39, 0.29) is 23.8 Å². The Morgan fingerprint density at radius 2 is 2.09 bits per heavy atom. The number of carbonyl (C=O) groups excluding carboxylic acids is 2. The second-order valence-corrected chi connectivity index (χ2v) is 5.69. The summed E-state index contributed by atoms with van der Waals surface area (Å²) in [6.45, 7) is 3.91. The molecule has 6 heteroatoms. The van der Waals surface area contributed by atoms with Crippen molar-refractivity contribution in [1.29, 1.82) is 0 Å². The lowest BCUT2D eigenvalue weighted by Crippen LogP contribution is -2.44. The molecule has 1 aliphatic carbocycles. The lowest BCUT2D eigenvalue weighted by atomic mass is 10.0. The summed E-state index contributed by atoms with van der Waals surface area (Å²) in [7, 11) is 0. The minimum atomic E-state index is -0.145. The molecule has 0 unspecified atom stereocenters. The fourth-order valence-corrected chi connectivity index (χ4v) is 2.86. The highest BCUT2D eigenvalue weighted by atomic mass is 16.5. The lowest BCUT2D eigenvalue weighted by Gasteiger charge is -2.20. The van der Waals surface area contributed by atoms with Crippen LogP contribution in [0.5, 0.6) is 0 Å². The molecular formula is C17H25N3O3. The molecule has 0 bridgehead atoms. The number of carbonyl (C=O) groups is 2. The van der Waals surface area contributed by atoms with E-state index in [0.717, 1.165) is 25.7 Å². The molecule has 6 nitrogen and oxygen atoms in total. The number of hydrogen-bond donors (Lipinski definition) is 2. The average molecular weight is 319 g/mol. The van der Waals surface area contributed by atoms with Crippen molar-refractivity contribution in [1.82, 2.24) is 15.6 Å². The molecule has 0 saturated heterocycles. The highest BCUT2D eigenvalue weighted by Gasteiger charge is 2.33. The summed E-state index contributed by atoms with van der Waals surface area (Å²) in [5.74, 6) is -0.264. The SMILES string of the molecule is CCOCCCNC(=O)[C@H]1CCC[C@H]1NC(=O)c1ccncc1. The molecule has 1 aromatic rings. The summed E-state index contributed by atoms with van der Waals surface area (Å²) < 4.78 is 5.25. The number of amides is 2. The van der Waals surface area contributed by atoms with Gasteiger partial charge < -0.3 is 15.4 Å². The summed E-state index contributed by atoms with van der Waals surface area (Å²) >= 11 is 0. The molecule has 2 rings (SSSR count). The average Bonchev–Trinajstić information content (AvgIpc) is 3.03. The van der Waals surface area contributed by atoms with E-state index >= 15 is 0 Å². The smallest absolute Gasteiger partial charge is 0.251 e. The topological polar surface area (TPSA) is 80.3 Å². The number of pyridine rings is 1. The monoisotopic (exact) mass is 319 g/mol. The van der Waals surface area contributed by atoms with Crippen molar-refractivity contribution in [2.45, 2.75) is 38.6 Å². The van der Waals surface area contributed by atoms with Gasteiger partial charge in [-0.15, -0.1) is 0 Å². The maximum atomic E-state index is 12.3. The van der Waals surface area contributed by atoms with Gasteiger partial charge in [0.25, 0.3) is 5.91 Å². The van der Waals surface area contributed by atoms with Crippen LogP contribution in [0.25, 0.3) is 0 Å². The van der Waals surface area contributed by atoms with Crippen LogP contribution in [0.3, 0.4) is 0 Å². The Labute approximate surface area is 137 Å². The summed E-state index contributed by atoms with van der Waals surface area (Å²) in [6, 6.07) is 3.25. The van der Waals surface area contributed by atoms with Crippen molar-refractivity contribution in [2.75, 3.05) is 19.8 Å². The minimum Gasteiger partial charge on any atom is -0.382 e. The normalized spacial score (nSPS) is 20.2. The molecular weight excluding hydrogens is 294 g/mol. The Morgan fingerprint density at radius 1 is 1.30 bits per heavy atom. The standard InChI is InChI=1S/C17H25N3O3/c1-2-23-12-4-9-19-17(22)14-5-3-6-15(14)20-16(21)13-7-10-18-11-8-13/h7-8,10-11,14-15H,2-6,9,12H2,1H3,(H,19,22)(H,20,21)/t14-,15+/m0/s1. The number of rotatable bonds is 8. The van der Waals surface area contributed by atoms with Crippen LogP contribution < -0.4 is 10.6 Å². The molecule has 1 aromatic heterocycles. The molecule has 23 heavy (non-hydrogen) atoms. The zero-order valence-corrected chi connectivity index (χ0v) is 13.6. The number of nitrogens with zero attached hydrogens (tertiary/aromatic N) is 1. The number of ether oxygens (including phenoxy) is 1. The van der Waals surface area contributed by atoms with Crippen LogP contribution in [0.1, 0.15) is 43.0 Å². The third-order valence-electron chi connectivity index (χ3n) is 4.08. The number of hydrogen-bond acceptors (Lipinski definition) is 4. The maximum Gasteiger partial charge on any atom is 0.251 e. The Morgan fingerprint density at radius 3 is 2.83 bits per heavy atom. The zero-order valence-electron chi connectivity index (χ0n) is 13.6. The first-order valence-corrected chi connectivity index (χ1v) is 8.28. The van der Waals surface area contributed by atoms with Gasteiger partial charge in [-0.25, -0.2) is 0 Å². The van der Waals surface area contributed by atoms with Gasteiger partial charge in [0.1, 0.15) is 0 Å². The van der Waals surface area contributed by atoms with Crippen molar-refractivity contribution in [3.8, 4) is 0 Å². The number of nitrogens with one attached hydrogen (secondary N) is 2. The van der Waals surface area contributed by atoms with Crippen LogP contribution in [0, 0.1) is 5.92 Å². The van der Waals surface area contributed by atoms with E-state index < -0.39 is 0 Å². The Kier molecular flexibility index (Phi) is 7.00. The Balaban J connectivity index is 1.80.